The molecule has 1 aliphatic rings. The van der Waals surface area contributed by atoms with Gasteiger partial charge in [0, 0.05) is 37.6 Å². The summed E-state index contributed by atoms with van der Waals surface area (Å²) in [5.74, 6) is -0.0331. The van der Waals surface area contributed by atoms with Crippen molar-refractivity contribution in [3.63, 3.8) is 0 Å². The van der Waals surface area contributed by atoms with E-state index in [2.05, 4.69) is 34.0 Å². The zero-order valence-electron chi connectivity index (χ0n) is 16.5. The van der Waals surface area contributed by atoms with Crippen molar-refractivity contribution in [1.82, 2.24) is 9.97 Å². The second-order valence-corrected chi connectivity index (χ2v) is 7.73. The molecule has 0 spiro atoms. The molecule has 1 aromatic carbocycles. The number of nitrogens with two attached hydrogens (primary N) is 1. The van der Waals surface area contributed by atoms with Crippen molar-refractivity contribution in [3.05, 3.63) is 47.3 Å². The van der Waals surface area contributed by atoms with E-state index in [-0.39, 0.29) is 16.3 Å². The van der Waals surface area contributed by atoms with Crippen molar-refractivity contribution in [3.8, 4) is 5.75 Å². The lowest BCUT2D eigenvalue weighted by atomic mass is 9.92. The Morgan fingerprint density at radius 2 is 1.83 bits per heavy atom. The van der Waals surface area contributed by atoms with Crippen LogP contribution in [0.5, 0.6) is 5.75 Å². The maximum absolute atomic E-state index is 13.9. The van der Waals surface area contributed by atoms with E-state index in [1.807, 2.05) is 12.4 Å². The van der Waals surface area contributed by atoms with Gasteiger partial charge in [-0.15, -0.1) is 0 Å². The van der Waals surface area contributed by atoms with Gasteiger partial charge in [-0.2, -0.15) is 0 Å². The first-order chi connectivity index (χ1) is 14.0. The summed E-state index contributed by atoms with van der Waals surface area (Å²) in [5.41, 5.74) is 6.10. The molecule has 5 nitrogen and oxygen atoms in total. The maximum Gasteiger partial charge on any atom is 0.225 e. The molecular formula is C21H26F2N4OS. The van der Waals surface area contributed by atoms with Crippen LogP contribution in [0.2, 0.25) is 0 Å². The fourth-order valence-corrected chi connectivity index (χ4v) is 3.74. The van der Waals surface area contributed by atoms with E-state index in [0.29, 0.717) is 12.5 Å². The summed E-state index contributed by atoms with van der Waals surface area (Å²) in [4.78, 5) is 10.8. The third-order valence-corrected chi connectivity index (χ3v) is 5.49. The van der Waals surface area contributed by atoms with Crippen molar-refractivity contribution < 1.29 is 13.5 Å². The number of rotatable bonds is 8. The molecule has 1 aliphatic heterocycles. The standard InChI is InChI=1S/C21H26F2N4OS/c1-2-14-12-25-21(26-13-14)27-7-5-15(6-8-27)4-3-9-28-16-10-17(22)19(20(24)29)18(23)11-16/h10-13,15H,2-9H2,1H3,(H2,24,29). The van der Waals surface area contributed by atoms with Crippen LogP contribution in [0.15, 0.2) is 24.5 Å². The molecule has 3 rings (SSSR count). The number of piperidine rings is 1. The number of ether oxygens (including phenoxy) is 1. The van der Waals surface area contributed by atoms with Crippen molar-refractivity contribution in [1.29, 1.82) is 0 Å². The lowest BCUT2D eigenvalue weighted by molar-refractivity contribution is 0.277. The molecule has 0 amide bonds. The molecule has 1 saturated heterocycles. The Morgan fingerprint density at radius 3 is 2.38 bits per heavy atom. The minimum absolute atomic E-state index is 0.155. The average Bonchev–Trinajstić information content (AvgIpc) is 2.71. The Bertz CT molecular complexity index is 816. The number of thiocarbonyl (C=S) groups is 1. The van der Waals surface area contributed by atoms with Crippen LogP contribution in [0.25, 0.3) is 0 Å². The number of nitrogens with zero attached hydrogens (tertiary/aromatic N) is 3. The van der Waals surface area contributed by atoms with Gasteiger partial charge in [0.05, 0.1) is 12.2 Å². The minimum Gasteiger partial charge on any atom is -0.493 e. The van der Waals surface area contributed by atoms with Crippen LogP contribution >= 0.6 is 12.2 Å². The molecule has 1 aromatic heterocycles. The molecule has 2 heterocycles. The number of aryl methyl sites for hydroxylation is 1. The Labute approximate surface area is 175 Å². The first kappa shape index (κ1) is 21.4. The first-order valence-corrected chi connectivity index (χ1v) is 10.4. The maximum atomic E-state index is 13.9. The molecule has 2 N–H and O–H groups in total. The van der Waals surface area contributed by atoms with E-state index in [9.17, 15) is 8.78 Å². The molecule has 29 heavy (non-hydrogen) atoms. The second-order valence-electron chi connectivity index (χ2n) is 7.29. The zero-order valence-corrected chi connectivity index (χ0v) is 17.4. The zero-order chi connectivity index (χ0) is 20.8. The van der Waals surface area contributed by atoms with Gasteiger partial charge < -0.3 is 15.4 Å². The fourth-order valence-electron chi connectivity index (χ4n) is 3.55. The summed E-state index contributed by atoms with van der Waals surface area (Å²) < 4.78 is 33.3. The van der Waals surface area contributed by atoms with Crippen LogP contribution < -0.4 is 15.4 Å². The molecule has 8 heteroatoms. The first-order valence-electron chi connectivity index (χ1n) is 9.95. The van der Waals surface area contributed by atoms with Gasteiger partial charge in [0.15, 0.2) is 0 Å². The predicted octanol–water partition coefficient (Wildman–Crippen LogP) is 4.03. The summed E-state index contributed by atoms with van der Waals surface area (Å²) in [6.07, 6.45) is 8.71. The van der Waals surface area contributed by atoms with Crippen LogP contribution in [0.3, 0.4) is 0 Å². The summed E-state index contributed by atoms with van der Waals surface area (Å²) in [6.45, 7) is 4.37. The molecule has 156 valence electrons. The van der Waals surface area contributed by atoms with Gasteiger partial charge in [-0.05, 0) is 43.6 Å². The van der Waals surface area contributed by atoms with Crippen LogP contribution in [-0.2, 0) is 6.42 Å². The Balaban J connectivity index is 1.40. The molecule has 1 fully saturated rings. The van der Waals surface area contributed by atoms with Crippen LogP contribution in [0.1, 0.15) is 43.7 Å². The third-order valence-electron chi connectivity index (χ3n) is 5.28. The molecule has 0 bridgehead atoms. The highest BCUT2D eigenvalue weighted by atomic mass is 32.1. The van der Waals surface area contributed by atoms with Gasteiger partial charge in [-0.25, -0.2) is 18.7 Å². The molecule has 0 saturated carbocycles. The number of anilines is 1. The molecule has 2 aromatic rings. The molecule has 0 aliphatic carbocycles. The van der Waals surface area contributed by atoms with Crippen LogP contribution in [0, 0.1) is 17.6 Å². The lowest BCUT2D eigenvalue weighted by Crippen LogP contribution is -2.35. The van der Waals surface area contributed by atoms with Gasteiger partial charge in [-0.3, -0.25) is 0 Å². The van der Waals surface area contributed by atoms with Crippen molar-refractivity contribution in [2.24, 2.45) is 11.7 Å². The van der Waals surface area contributed by atoms with E-state index in [0.717, 1.165) is 68.8 Å². The largest absolute Gasteiger partial charge is 0.493 e. The second kappa shape index (κ2) is 9.91. The topological polar surface area (TPSA) is 64.3 Å². The van der Waals surface area contributed by atoms with E-state index < -0.39 is 11.6 Å². The summed E-state index contributed by atoms with van der Waals surface area (Å²) >= 11 is 4.66. The molecule has 0 radical (unpaired) electrons. The molecule has 0 atom stereocenters. The number of hydrogen-bond acceptors (Lipinski definition) is 5. The Kier molecular flexibility index (Phi) is 7.30. The number of hydrogen-bond donors (Lipinski definition) is 1. The number of halogens is 2. The summed E-state index contributed by atoms with van der Waals surface area (Å²) in [6, 6.07) is 2.25. The molecular weight excluding hydrogens is 394 g/mol. The van der Waals surface area contributed by atoms with Gasteiger partial charge in [0.2, 0.25) is 5.95 Å². The van der Waals surface area contributed by atoms with Crippen molar-refractivity contribution in [2.75, 3.05) is 24.6 Å². The number of benzene rings is 1. The fraction of sp³-hybridized carbons (Fsp3) is 0.476. The van der Waals surface area contributed by atoms with E-state index in [1.165, 1.54) is 0 Å². The molecule has 0 unspecified atom stereocenters. The van der Waals surface area contributed by atoms with Crippen molar-refractivity contribution >= 4 is 23.2 Å². The van der Waals surface area contributed by atoms with Crippen LogP contribution in [0.4, 0.5) is 14.7 Å². The summed E-state index contributed by atoms with van der Waals surface area (Å²) in [7, 11) is 0. The van der Waals surface area contributed by atoms with Crippen molar-refractivity contribution in [2.45, 2.75) is 39.0 Å². The van der Waals surface area contributed by atoms with E-state index >= 15 is 0 Å². The van der Waals surface area contributed by atoms with Gasteiger partial charge in [0.25, 0.3) is 0 Å². The monoisotopic (exact) mass is 420 g/mol. The highest BCUT2D eigenvalue weighted by molar-refractivity contribution is 7.80. The average molecular weight is 421 g/mol. The SMILES string of the molecule is CCc1cnc(N2CCC(CCCOc3cc(F)c(C(N)=S)c(F)c3)CC2)nc1. The smallest absolute Gasteiger partial charge is 0.225 e. The normalized spacial score (nSPS) is 14.8. The third kappa shape index (κ3) is 5.59. The van der Waals surface area contributed by atoms with Gasteiger partial charge in [0.1, 0.15) is 22.4 Å². The predicted molar refractivity (Wildman–Crippen MR) is 113 cm³/mol. The van der Waals surface area contributed by atoms with Crippen LogP contribution in [-0.4, -0.2) is 34.7 Å². The van der Waals surface area contributed by atoms with Gasteiger partial charge in [-0.1, -0.05) is 19.1 Å². The highest BCUT2D eigenvalue weighted by Crippen LogP contribution is 2.25. The lowest BCUT2D eigenvalue weighted by Gasteiger charge is -2.32. The summed E-state index contributed by atoms with van der Waals surface area (Å²) in [5, 5.41) is 0. The van der Waals surface area contributed by atoms with Gasteiger partial charge >= 0.3 is 0 Å². The van der Waals surface area contributed by atoms with E-state index in [4.69, 9.17) is 10.5 Å². The quantitative estimate of drug-likeness (QED) is 0.514. The highest BCUT2D eigenvalue weighted by Gasteiger charge is 2.21. The Hall–Kier alpha value is -2.35. The number of aromatic nitrogens is 2. The minimum atomic E-state index is -0.797. The Morgan fingerprint density at radius 1 is 1.21 bits per heavy atom. The van der Waals surface area contributed by atoms with E-state index in [1.54, 1.807) is 0 Å².